The first kappa shape index (κ1) is 22.3. The first-order chi connectivity index (χ1) is 13.0. The van der Waals surface area contributed by atoms with E-state index in [1.807, 2.05) is 43.0 Å². The van der Waals surface area contributed by atoms with E-state index in [0.29, 0.717) is 31.3 Å². The van der Waals surface area contributed by atoms with Crippen molar-refractivity contribution < 1.29 is 9.32 Å². The molecule has 1 aromatic carbocycles. The van der Waals surface area contributed by atoms with E-state index in [1.54, 1.807) is 0 Å². The molecular weight excluding hydrogens is 378 g/mol. The van der Waals surface area contributed by atoms with Crippen molar-refractivity contribution in [2.75, 3.05) is 26.2 Å². The summed E-state index contributed by atoms with van der Waals surface area (Å²) in [5.74, 6) is 1.47. The Morgan fingerprint density at radius 1 is 1.21 bits per heavy atom. The summed E-state index contributed by atoms with van der Waals surface area (Å²) in [4.78, 5) is 21.1. The molecule has 3 rings (SSSR count). The number of carbonyl (C=O) groups excluding carboxylic acids is 1. The van der Waals surface area contributed by atoms with Crippen LogP contribution in [0.4, 0.5) is 0 Å². The van der Waals surface area contributed by atoms with E-state index in [4.69, 9.17) is 10.3 Å². The van der Waals surface area contributed by atoms with E-state index in [0.717, 1.165) is 25.1 Å². The number of halogens is 1. The zero-order valence-electron chi connectivity index (χ0n) is 16.8. The molecule has 1 saturated heterocycles. The fraction of sp³-hybridized carbons (Fsp3) is 0.550. The Kier molecular flexibility index (Phi) is 7.98. The average Bonchev–Trinajstić information content (AvgIpc) is 3.15. The van der Waals surface area contributed by atoms with Gasteiger partial charge in [-0.3, -0.25) is 9.69 Å². The van der Waals surface area contributed by atoms with Gasteiger partial charge in [0.25, 0.3) is 0 Å². The van der Waals surface area contributed by atoms with Crippen molar-refractivity contribution >= 4 is 18.3 Å². The fourth-order valence-electron chi connectivity index (χ4n) is 3.16. The second-order valence-corrected chi connectivity index (χ2v) is 7.39. The second kappa shape index (κ2) is 10.0. The number of carbonyl (C=O) groups is 1. The lowest BCUT2D eigenvalue weighted by Gasteiger charge is -2.36. The van der Waals surface area contributed by atoms with Crippen molar-refractivity contribution in [1.29, 1.82) is 0 Å². The zero-order valence-corrected chi connectivity index (χ0v) is 17.6. The van der Waals surface area contributed by atoms with Crippen LogP contribution in [0.1, 0.15) is 31.7 Å². The number of hydrogen-bond donors (Lipinski definition) is 1. The molecule has 0 bridgehead atoms. The molecule has 0 radical (unpaired) electrons. The Hall–Kier alpha value is -1.96. The molecule has 1 aromatic heterocycles. The molecule has 2 atom stereocenters. The molecule has 1 amide bonds. The van der Waals surface area contributed by atoms with E-state index in [9.17, 15) is 4.79 Å². The van der Waals surface area contributed by atoms with Crippen LogP contribution in [0, 0.1) is 12.8 Å². The summed E-state index contributed by atoms with van der Waals surface area (Å²) < 4.78 is 5.41. The third-order valence-electron chi connectivity index (χ3n) is 5.36. The van der Waals surface area contributed by atoms with Crippen LogP contribution in [-0.4, -0.2) is 58.1 Å². The molecule has 7 nitrogen and oxygen atoms in total. The summed E-state index contributed by atoms with van der Waals surface area (Å²) >= 11 is 0. The third-order valence-corrected chi connectivity index (χ3v) is 5.36. The average molecular weight is 408 g/mol. The highest BCUT2D eigenvalue weighted by molar-refractivity contribution is 5.85. The minimum atomic E-state index is -0.408. The SMILES string of the molecule is CCC(C)C(N)C(=O)N1CCN(Cc2nc(-c3ccc(C)cc3)no2)CC1.Cl. The normalized spacial score (nSPS) is 17.1. The monoisotopic (exact) mass is 407 g/mol. The second-order valence-electron chi connectivity index (χ2n) is 7.39. The Morgan fingerprint density at radius 3 is 2.46 bits per heavy atom. The maximum Gasteiger partial charge on any atom is 0.241 e. The summed E-state index contributed by atoms with van der Waals surface area (Å²) in [5.41, 5.74) is 8.24. The van der Waals surface area contributed by atoms with Crippen LogP contribution in [0.5, 0.6) is 0 Å². The molecule has 2 unspecified atom stereocenters. The molecule has 0 aliphatic carbocycles. The fourth-order valence-corrected chi connectivity index (χ4v) is 3.16. The number of aromatic nitrogens is 2. The van der Waals surface area contributed by atoms with Gasteiger partial charge in [0.15, 0.2) is 0 Å². The lowest BCUT2D eigenvalue weighted by atomic mass is 9.98. The maximum absolute atomic E-state index is 12.5. The van der Waals surface area contributed by atoms with E-state index >= 15 is 0 Å². The molecule has 0 saturated carbocycles. The first-order valence-corrected chi connectivity index (χ1v) is 9.64. The molecule has 0 spiro atoms. The van der Waals surface area contributed by atoms with Crippen molar-refractivity contribution in [1.82, 2.24) is 19.9 Å². The van der Waals surface area contributed by atoms with Crippen molar-refractivity contribution in [2.24, 2.45) is 11.7 Å². The number of nitrogens with zero attached hydrogens (tertiary/aromatic N) is 4. The standard InChI is InChI=1S/C20H29N5O2.ClH/c1-4-15(3)18(21)20(26)25-11-9-24(10-12-25)13-17-22-19(23-27-17)16-7-5-14(2)6-8-16;/h5-8,15,18H,4,9-13,21H2,1-3H3;1H. The molecule has 2 aromatic rings. The molecular formula is C20H30ClN5O2. The van der Waals surface area contributed by atoms with Gasteiger partial charge in [-0.05, 0) is 12.8 Å². The molecule has 154 valence electrons. The maximum atomic E-state index is 12.5. The lowest BCUT2D eigenvalue weighted by molar-refractivity contribution is -0.135. The van der Waals surface area contributed by atoms with Crippen LogP contribution in [-0.2, 0) is 11.3 Å². The quantitative estimate of drug-likeness (QED) is 0.791. The highest BCUT2D eigenvalue weighted by atomic mass is 35.5. The molecule has 28 heavy (non-hydrogen) atoms. The summed E-state index contributed by atoms with van der Waals surface area (Å²) in [6.45, 7) is 9.65. The summed E-state index contributed by atoms with van der Waals surface area (Å²) in [5, 5.41) is 4.08. The number of nitrogens with two attached hydrogens (primary N) is 1. The number of benzene rings is 1. The van der Waals surface area contributed by atoms with E-state index in [1.165, 1.54) is 5.56 Å². The van der Waals surface area contributed by atoms with Crippen LogP contribution < -0.4 is 5.73 Å². The third kappa shape index (κ3) is 5.31. The van der Waals surface area contributed by atoms with Gasteiger partial charge in [0.2, 0.25) is 17.6 Å². The topological polar surface area (TPSA) is 88.5 Å². The summed E-state index contributed by atoms with van der Waals surface area (Å²) in [6, 6.07) is 7.65. The van der Waals surface area contributed by atoms with Crippen LogP contribution in [0.3, 0.4) is 0 Å². The molecule has 2 heterocycles. The van der Waals surface area contributed by atoms with Gasteiger partial charge in [-0.2, -0.15) is 4.98 Å². The number of amides is 1. The van der Waals surface area contributed by atoms with Gasteiger partial charge < -0.3 is 15.2 Å². The summed E-state index contributed by atoms with van der Waals surface area (Å²) in [7, 11) is 0. The van der Waals surface area contributed by atoms with Gasteiger partial charge in [0, 0.05) is 31.7 Å². The van der Waals surface area contributed by atoms with Crippen molar-refractivity contribution in [3.05, 3.63) is 35.7 Å². The van der Waals surface area contributed by atoms with Crippen LogP contribution in [0.15, 0.2) is 28.8 Å². The minimum Gasteiger partial charge on any atom is -0.339 e. The van der Waals surface area contributed by atoms with Gasteiger partial charge in [-0.25, -0.2) is 0 Å². The minimum absolute atomic E-state index is 0. The Bertz CT molecular complexity index is 756. The van der Waals surface area contributed by atoms with Crippen molar-refractivity contribution in [3.8, 4) is 11.4 Å². The summed E-state index contributed by atoms with van der Waals surface area (Å²) in [6.07, 6.45) is 0.910. The van der Waals surface area contributed by atoms with Gasteiger partial charge in [-0.15, -0.1) is 12.4 Å². The number of hydrogen-bond acceptors (Lipinski definition) is 6. The molecule has 2 N–H and O–H groups in total. The highest BCUT2D eigenvalue weighted by Gasteiger charge is 2.28. The first-order valence-electron chi connectivity index (χ1n) is 9.64. The smallest absolute Gasteiger partial charge is 0.241 e. The van der Waals surface area contributed by atoms with Gasteiger partial charge >= 0.3 is 0 Å². The predicted octanol–water partition coefficient (Wildman–Crippen LogP) is 2.48. The van der Waals surface area contributed by atoms with Crippen molar-refractivity contribution in [3.63, 3.8) is 0 Å². The number of aryl methyl sites for hydroxylation is 1. The van der Waals surface area contributed by atoms with Crippen LogP contribution in [0.2, 0.25) is 0 Å². The Labute approximate surface area is 172 Å². The number of rotatable bonds is 6. The van der Waals surface area contributed by atoms with Gasteiger partial charge in [0.05, 0.1) is 12.6 Å². The Morgan fingerprint density at radius 2 is 1.86 bits per heavy atom. The van der Waals surface area contributed by atoms with E-state index in [2.05, 4.69) is 22.0 Å². The number of piperazine rings is 1. The zero-order chi connectivity index (χ0) is 19.4. The largest absolute Gasteiger partial charge is 0.339 e. The predicted molar refractivity (Wildman–Crippen MR) is 111 cm³/mol. The molecule has 1 aliphatic rings. The molecule has 8 heteroatoms. The van der Waals surface area contributed by atoms with E-state index < -0.39 is 6.04 Å². The van der Waals surface area contributed by atoms with Crippen LogP contribution in [0.25, 0.3) is 11.4 Å². The molecule has 1 aliphatic heterocycles. The highest BCUT2D eigenvalue weighted by Crippen LogP contribution is 2.18. The van der Waals surface area contributed by atoms with Crippen molar-refractivity contribution in [2.45, 2.75) is 39.8 Å². The lowest BCUT2D eigenvalue weighted by Crippen LogP contribution is -2.54. The molecule has 1 fully saturated rings. The van der Waals surface area contributed by atoms with E-state index in [-0.39, 0.29) is 24.2 Å². The van der Waals surface area contributed by atoms with Gasteiger partial charge in [-0.1, -0.05) is 55.3 Å². The van der Waals surface area contributed by atoms with Crippen LogP contribution >= 0.6 is 12.4 Å². The Balaban J connectivity index is 0.00000280. The van der Waals surface area contributed by atoms with Gasteiger partial charge in [0.1, 0.15) is 0 Å².